The zero-order chi connectivity index (χ0) is 14.8. The third kappa shape index (κ3) is 3.32. The van der Waals surface area contributed by atoms with Crippen molar-refractivity contribution in [3.63, 3.8) is 0 Å². The van der Waals surface area contributed by atoms with Crippen molar-refractivity contribution in [3.05, 3.63) is 42.0 Å². The van der Waals surface area contributed by atoms with Gasteiger partial charge in [0, 0.05) is 0 Å². The van der Waals surface area contributed by atoms with Crippen LogP contribution in [0.2, 0.25) is 19.6 Å². The number of rotatable bonds is 4. The first kappa shape index (κ1) is 14.4. The van der Waals surface area contributed by atoms with E-state index in [9.17, 15) is 5.26 Å². The summed E-state index contributed by atoms with van der Waals surface area (Å²) in [6, 6.07) is 11.9. The van der Waals surface area contributed by atoms with Crippen molar-refractivity contribution in [2.45, 2.75) is 32.7 Å². The molecule has 5 nitrogen and oxygen atoms in total. The van der Waals surface area contributed by atoms with Gasteiger partial charge in [-0.1, -0.05) is 18.2 Å². The molecule has 104 valence electrons. The fourth-order valence-electron chi connectivity index (χ4n) is 1.83. The van der Waals surface area contributed by atoms with Gasteiger partial charge in [0.05, 0.1) is 5.69 Å². The number of para-hydroxylation sites is 1. The van der Waals surface area contributed by atoms with Crippen LogP contribution in [-0.4, -0.2) is 23.1 Å². The highest BCUT2D eigenvalue weighted by Gasteiger charge is 2.26. The number of hydrogen-bond acceptors (Lipinski definition) is 4. The third-order valence-corrected chi connectivity index (χ3v) is 3.55. The van der Waals surface area contributed by atoms with Crippen molar-refractivity contribution in [3.8, 4) is 11.8 Å². The molecule has 1 aromatic heterocycles. The largest absolute Gasteiger partial charge is 0.396 e. The molecule has 6 heteroatoms. The van der Waals surface area contributed by atoms with Crippen LogP contribution < -0.4 is 0 Å². The molecule has 0 amide bonds. The molecule has 1 aromatic carbocycles. The van der Waals surface area contributed by atoms with Crippen molar-refractivity contribution in [1.82, 2.24) is 14.8 Å². The number of aryl methyl sites for hydroxylation is 1. The summed E-state index contributed by atoms with van der Waals surface area (Å²) in [7, 11) is -1.82. The zero-order valence-corrected chi connectivity index (χ0v) is 13.2. The predicted molar refractivity (Wildman–Crippen MR) is 78.9 cm³/mol. The average Bonchev–Trinajstić information content (AvgIpc) is 2.78. The van der Waals surface area contributed by atoms with Crippen LogP contribution in [0.1, 0.15) is 17.8 Å². The second-order valence-corrected chi connectivity index (χ2v) is 9.96. The van der Waals surface area contributed by atoms with Crippen LogP contribution in [0.3, 0.4) is 0 Å². The van der Waals surface area contributed by atoms with Crippen molar-refractivity contribution < 1.29 is 4.43 Å². The highest BCUT2D eigenvalue weighted by atomic mass is 28.4. The lowest BCUT2D eigenvalue weighted by Crippen LogP contribution is -2.28. The van der Waals surface area contributed by atoms with Crippen LogP contribution in [0.25, 0.3) is 5.69 Å². The standard InChI is InChI=1S/C14H18N4OSi/c1-11-16-14(13(10-15)19-20(2,3)4)17-18(11)12-8-6-5-7-9-12/h5-9,13H,1-4H3. The Balaban J connectivity index is 2.34. The van der Waals surface area contributed by atoms with E-state index in [-0.39, 0.29) is 0 Å². The topological polar surface area (TPSA) is 63.7 Å². The minimum absolute atomic E-state index is 0.427. The van der Waals surface area contributed by atoms with Crippen LogP contribution in [0.4, 0.5) is 0 Å². The first-order valence-corrected chi connectivity index (χ1v) is 9.88. The molecule has 2 rings (SSSR count). The maximum Gasteiger partial charge on any atom is 0.196 e. The van der Waals surface area contributed by atoms with E-state index < -0.39 is 14.4 Å². The average molecular weight is 286 g/mol. The second kappa shape index (κ2) is 5.57. The van der Waals surface area contributed by atoms with Gasteiger partial charge in [0.2, 0.25) is 0 Å². The van der Waals surface area contributed by atoms with Gasteiger partial charge in [-0.05, 0) is 38.7 Å². The molecule has 20 heavy (non-hydrogen) atoms. The highest BCUT2D eigenvalue weighted by Crippen LogP contribution is 2.20. The number of hydrogen-bond donors (Lipinski definition) is 0. The number of nitriles is 1. The van der Waals surface area contributed by atoms with E-state index in [0.717, 1.165) is 11.5 Å². The molecule has 1 unspecified atom stereocenters. The van der Waals surface area contributed by atoms with E-state index in [4.69, 9.17) is 4.43 Å². The van der Waals surface area contributed by atoms with E-state index >= 15 is 0 Å². The molecule has 0 aliphatic carbocycles. The highest BCUT2D eigenvalue weighted by molar-refractivity contribution is 6.69. The Bertz CT molecular complexity index is 625. The molecule has 0 saturated carbocycles. The Kier molecular flexibility index (Phi) is 4.02. The van der Waals surface area contributed by atoms with Crippen LogP contribution in [-0.2, 0) is 4.43 Å². The quantitative estimate of drug-likeness (QED) is 0.810. The monoisotopic (exact) mass is 286 g/mol. The maximum atomic E-state index is 9.27. The molecular weight excluding hydrogens is 268 g/mol. The van der Waals surface area contributed by atoms with Gasteiger partial charge in [0.15, 0.2) is 20.2 Å². The molecular formula is C14H18N4OSi. The Morgan fingerprint density at radius 3 is 2.45 bits per heavy atom. The summed E-state index contributed by atoms with van der Waals surface area (Å²) >= 11 is 0. The fourth-order valence-corrected chi connectivity index (χ4v) is 2.69. The number of nitrogens with zero attached hydrogens (tertiary/aromatic N) is 4. The lowest BCUT2D eigenvalue weighted by atomic mass is 10.3. The van der Waals surface area contributed by atoms with Gasteiger partial charge in [0.25, 0.3) is 0 Å². The SMILES string of the molecule is Cc1nc(C(C#N)O[Si](C)(C)C)nn1-c1ccccc1. The molecule has 0 aliphatic heterocycles. The summed E-state index contributed by atoms with van der Waals surface area (Å²) in [5, 5.41) is 13.7. The third-order valence-electron chi connectivity index (χ3n) is 2.61. The Morgan fingerprint density at radius 1 is 1.25 bits per heavy atom. The maximum absolute atomic E-state index is 9.27. The van der Waals surface area contributed by atoms with E-state index in [2.05, 4.69) is 16.2 Å². The van der Waals surface area contributed by atoms with E-state index in [0.29, 0.717) is 5.82 Å². The lowest BCUT2D eigenvalue weighted by molar-refractivity contribution is 0.244. The summed E-state index contributed by atoms with van der Waals surface area (Å²) in [5.74, 6) is 1.17. The fraction of sp³-hybridized carbons (Fsp3) is 0.357. The summed E-state index contributed by atoms with van der Waals surface area (Å²) in [6.07, 6.45) is -0.703. The van der Waals surface area contributed by atoms with Gasteiger partial charge in [0.1, 0.15) is 11.9 Å². The van der Waals surface area contributed by atoms with Crippen molar-refractivity contribution in [2.24, 2.45) is 0 Å². The van der Waals surface area contributed by atoms with Gasteiger partial charge in [-0.25, -0.2) is 9.67 Å². The summed E-state index contributed by atoms with van der Waals surface area (Å²) in [4.78, 5) is 4.37. The molecule has 0 saturated heterocycles. The molecule has 0 N–H and O–H groups in total. The van der Waals surface area contributed by atoms with E-state index in [1.807, 2.05) is 56.9 Å². The summed E-state index contributed by atoms with van der Waals surface area (Å²) in [5.41, 5.74) is 0.924. The summed E-state index contributed by atoms with van der Waals surface area (Å²) < 4.78 is 7.55. The summed E-state index contributed by atoms with van der Waals surface area (Å²) in [6.45, 7) is 7.99. The Labute approximate surface area is 120 Å². The minimum Gasteiger partial charge on any atom is -0.396 e. The smallest absolute Gasteiger partial charge is 0.196 e. The van der Waals surface area contributed by atoms with Crippen LogP contribution in [0.5, 0.6) is 0 Å². The van der Waals surface area contributed by atoms with Gasteiger partial charge in [-0.2, -0.15) is 5.26 Å². The van der Waals surface area contributed by atoms with E-state index in [1.165, 1.54) is 0 Å². The first-order chi connectivity index (χ1) is 9.40. The van der Waals surface area contributed by atoms with Crippen molar-refractivity contribution >= 4 is 8.32 Å². The van der Waals surface area contributed by atoms with Crippen molar-refractivity contribution in [1.29, 1.82) is 5.26 Å². The zero-order valence-electron chi connectivity index (χ0n) is 12.2. The van der Waals surface area contributed by atoms with Crippen LogP contribution in [0.15, 0.2) is 30.3 Å². The predicted octanol–water partition coefficient (Wildman–Crippen LogP) is 2.99. The first-order valence-electron chi connectivity index (χ1n) is 6.47. The molecule has 0 radical (unpaired) electrons. The normalized spacial score (nSPS) is 12.9. The van der Waals surface area contributed by atoms with E-state index in [1.54, 1.807) is 4.68 Å². The lowest BCUT2D eigenvalue weighted by Gasteiger charge is -2.19. The molecule has 2 aromatic rings. The molecule has 0 bridgehead atoms. The number of aromatic nitrogens is 3. The molecule has 1 heterocycles. The Hall–Kier alpha value is -1.97. The number of benzene rings is 1. The molecule has 0 aliphatic rings. The van der Waals surface area contributed by atoms with Gasteiger partial charge in [-0.3, -0.25) is 0 Å². The second-order valence-electron chi connectivity index (χ2n) is 5.50. The van der Waals surface area contributed by atoms with Crippen LogP contribution in [0, 0.1) is 18.3 Å². The van der Waals surface area contributed by atoms with Crippen LogP contribution >= 0.6 is 0 Å². The molecule has 0 spiro atoms. The van der Waals surface area contributed by atoms with Gasteiger partial charge < -0.3 is 4.43 Å². The minimum atomic E-state index is -1.82. The molecule has 0 fully saturated rings. The Morgan fingerprint density at radius 2 is 1.90 bits per heavy atom. The van der Waals surface area contributed by atoms with Crippen molar-refractivity contribution in [2.75, 3.05) is 0 Å². The molecule has 1 atom stereocenters. The van der Waals surface area contributed by atoms with Gasteiger partial charge in [-0.15, -0.1) is 5.10 Å². The van der Waals surface area contributed by atoms with Gasteiger partial charge >= 0.3 is 0 Å².